The van der Waals surface area contributed by atoms with Crippen LogP contribution in [0.5, 0.6) is 5.75 Å². The van der Waals surface area contributed by atoms with E-state index < -0.39 is 0 Å². The first-order valence-corrected chi connectivity index (χ1v) is 5.45. The van der Waals surface area contributed by atoms with E-state index in [0.717, 1.165) is 30.0 Å². The molecule has 0 radical (unpaired) electrons. The summed E-state index contributed by atoms with van der Waals surface area (Å²) in [6.07, 6.45) is 2.25. The van der Waals surface area contributed by atoms with Crippen LogP contribution in [0.1, 0.15) is 12.1 Å². The van der Waals surface area contributed by atoms with Gasteiger partial charge in [0.05, 0.1) is 12.8 Å². The summed E-state index contributed by atoms with van der Waals surface area (Å²) < 4.78 is 7.14. The van der Waals surface area contributed by atoms with E-state index in [9.17, 15) is 0 Å². The second-order valence-electron chi connectivity index (χ2n) is 3.94. The van der Waals surface area contributed by atoms with Crippen LogP contribution in [0.2, 0.25) is 0 Å². The van der Waals surface area contributed by atoms with E-state index in [1.54, 1.807) is 7.11 Å². The fourth-order valence-corrected chi connectivity index (χ4v) is 2.13. The number of methoxy groups -OCH3 is 1. The number of rotatable bonds is 2. The van der Waals surface area contributed by atoms with Crippen molar-refractivity contribution in [3.05, 3.63) is 30.0 Å². The van der Waals surface area contributed by atoms with Gasteiger partial charge in [0.25, 0.3) is 0 Å². The Morgan fingerprint density at radius 3 is 2.81 bits per heavy atom. The van der Waals surface area contributed by atoms with E-state index in [1.807, 2.05) is 28.9 Å². The monoisotopic (exact) mass is 215 g/mol. The Kier molecular flexibility index (Phi) is 2.13. The molecule has 2 aromatic rings. The minimum atomic E-state index is 0.868. The molecule has 1 aromatic carbocycles. The van der Waals surface area contributed by atoms with Gasteiger partial charge in [-0.25, -0.2) is 4.68 Å². The van der Waals surface area contributed by atoms with Crippen LogP contribution in [0, 0.1) is 0 Å². The van der Waals surface area contributed by atoms with Crippen LogP contribution in [-0.2, 0) is 13.0 Å². The highest BCUT2D eigenvalue weighted by Gasteiger charge is 2.18. The molecule has 16 heavy (non-hydrogen) atoms. The molecule has 4 heteroatoms. The lowest BCUT2D eigenvalue weighted by atomic mass is 10.1. The average molecular weight is 215 g/mol. The zero-order chi connectivity index (χ0) is 11.0. The lowest BCUT2D eigenvalue weighted by molar-refractivity contribution is 0.415. The molecule has 0 saturated heterocycles. The maximum Gasteiger partial charge on any atom is 0.118 e. The highest BCUT2D eigenvalue weighted by atomic mass is 16.5. The van der Waals surface area contributed by atoms with Crippen LogP contribution in [0.25, 0.3) is 11.3 Å². The zero-order valence-corrected chi connectivity index (χ0v) is 9.18. The normalized spacial score (nSPS) is 13.8. The molecule has 3 rings (SSSR count). The van der Waals surface area contributed by atoms with Gasteiger partial charge in [0.2, 0.25) is 0 Å². The smallest absolute Gasteiger partial charge is 0.118 e. The van der Waals surface area contributed by atoms with Crippen molar-refractivity contribution in [3.63, 3.8) is 0 Å². The van der Waals surface area contributed by atoms with Crippen molar-refractivity contribution >= 4 is 0 Å². The quantitative estimate of drug-likeness (QED) is 0.768. The lowest BCUT2D eigenvalue weighted by Gasteiger charge is -2.01. The van der Waals surface area contributed by atoms with Crippen LogP contribution in [0.15, 0.2) is 24.3 Å². The standard InChI is InChI=1S/C12H13N3O/c1-16-10-6-4-9(5-7-10)12-11-3-2-8-15(11)14-13-12/h4-7H,2-3,8H2,1H3. The van der Waals surface area contributed by atoms with Gasteiger partial charge in [-0.15, -0.1) is 5.10 Å². The Balaban J connectivity index is 2.01. The molecule has 0 N–H and O–H groups in total. The zero-order valence-electron chi connectivity index (χ0n) is 9.18. The van der Waals surface area contributed by atoms with Gasteiger partial charge < -0.3 is 4.74 Å². The van der Waals surface area contributed by atoms with Gasteiger partial charge in [-0.2, -0.15) is 0 Å². The fraction of sp³-hybridized carbons (Fsp3) is 0.333. The molecule has 1 aliphatic rings. The number of hydrogen-bond donors (Lipinski definition) is 0. The number of nitrogens with zero attached hydrogens (tertiary/aromatic N) is 3. The van der Waals surface area contributed by atoms with E-state index in [0.29, 0.717) is 0 Å². The topological polar surface area (TPSA) is 39.9 Å². The molecule has 4 nitrogen and oxygen atoms in total. The Morgan fingerprint density at radius 1 is 1.25 bits per heavy atom. The fourth-order valence-electron chi connectivity index (χ4n) is 2.13. The number of ether oxygens (including phenoxy) is 1. The summed E-state index contributed by atoms with van der Waals surface area (Å²) in [5.41, 5.74) is 3.38. The molecule has 0 bridgehead atoms. The first-order chi connectivity index (χ1) is 7.88. The SMILES string of the molecule is COc1ccc(-c2nnn3c2CCC3)cc1. The van der Waals surface area contributed by atoms with E-state index in [2.05, 4.69) is 10.3 Å². The molecule has 0 fully saturated rings. The van der Waals surface area contributed by atoms with Gasteiger partial charge in [-0.1, -0.05) is 5.21 Å². The maximum atomic E-state index is 5.14. The molecular formula is C12H13N3O. The molecule has 0 unspecified atom stereocenters. The number of aryl methyl sites for hydroxylation is 1. The predicted molar refractivity (Wildman–Crippen MR) is 60.3 cm³/mol. The summed E-state index contributed by atoms with van der Waals surface area (Å²) in [7, 11) is 1.67. The number of hydrogen-bond acceptors (Lipinski definition) is 3. The van der Waals surface area contributed by atoms with Gasteiger partial charge in [0.15, 0.2) is 0 Å². The first kappa shape index (κ1) is 9.39. The van der Waals surface area contributed by atoms with E-state index in [1.165, 1.54) is 12.1 Å². The predicted octanol–water partition coefficient (Wildman–Crippen LogP) is 1.90. The van der Waals surface area contributed by atoms with Gasteiger partial charge in [-0.3, -0.25) is 0 Å². The van der Waals surface area contributed by atoms with Gasteiger partial charge in [0.1, 0.15) is 11.4 Å². The Morgan fingerprint density at radius 2 is 2.06 bits per heavy atom. The van der Waals surface area contributed by atoms with Crippen LogP contribution in [0.3, 0.4) is 0 Å². The first-order valence-electron chi connectivity index (χ1n) is 5.45. The van der Waals surface area contributed by atoms with Crippen LogP contribution in [0.4, 0.5) is 0 Å². The highest BCUT2D eigenvalue weighted by molar-refractivity contribution is 5.62. The van der Waals surface area contributed by atoms with Gasteiger partial charge >= 0.3 is 0 Å². The molecular weight excluding hydrogens is 202 g/mol. The number of aromatic nitrogens is 3. The second kappa shape index (κ2) is 3.63. The largest absolute Gasteiger partial charge is 0.497 e. The van der Waals surface area contributed by atoms with E-state index in [-0.39, 0.29) is 0 Å². The molecule has 0 spiro atoms. The third-order valence-corrected chi connectivity index (χ3v) is 2.98. The van der Waals surface area contributed by atoms with Crippen molar-refractivity contribution in [2.75, 3.05) is 7.11 Å². The maximum absolute atomic E-state index is 5.14. The van der Waals surface area contributed by atoms with Gasteiger partial charge in [-0.05, 0) is 37.1 Å². The highest BCUT2D eigenvalue weighted by Crippen LogP contribution is 2.27. The Labute approximate surface area is 93.9 Å². The number of benzene rings is 1. The average Bonchev–Trinajstić information content (AvgIpc) is 2.91. The summed E-state index contributed by atoms with van der Waals surface area (Å²) in [5, 5.41) is 8.39. The second-order valence-corrected chi connectivity index (χ2v) is 3.94. The van der Waals surface area contributed by atoms with Crippen LogP contribution < -0.4 is 4.74 Å². The van der Waals surface area contributed by atoms with Crippen molar-refractivity contribution in [1.82, 2.24) is 15.0 Å². The molecule has 2 heterocycles. The molecule has 0 atom stereocenters. The van der Waals surface area contributed by atoms with E-state index >= 15 is 0 Å². The lowest BCUT2D eigenvalue weighted by Crippen LogP contribution is -1.93. The van der Waals surface area contributed by atoms with Crippen LogP contribution >= 0.6 is 0 Å². The van der Waals surface area contributed by atoms with Crippen molar-refractivity contribution < 1.29 is 4.74 Å². The molecule has 0 aliphatic carbocycles. The molecule has 1 aliphatic heterocycles. The van der Waals surface area contributed by atoms with E-state index in [4.69, 9.17) is 4.74 Å². The molecule has 1 aromatic heterocycles. The molecule has 0 amide bonds. The van der Waals surface area contributed by atoms with Crippen LogP contribution in [-0.4, -0.2) is 22.1 Å². The third kappa shape index (κ3) is 1.38. The minimum absolute atomic E-state index is 0.868. The van der Waals surface area contributed by atoms with Crippen molar-refractivity contribution in [2.24, 2.45) is 0 Å². The third-order valence-electron chi connectivity index (χ3n) is 2.98. The molecule has 82 valence electrons. The number of fused-ring (bicyclic) bond motifs is 1. The summed E-state index contributed by atoms with van der Waals surface area (Å²) >= 11 is 0. The van der Waals surface area contributed by atoms with Gasteiger partial charge in [0, 0.05) is 12.1 Å². The summed E-state index contributed by atoms with van der Waals surface area (Å²) in [5.74, 6) is 0.868. The van der Waals surface area contributed by atoms with Crippen molar-refractivity contribution in [2.45, 2.75) is 19.4 Å². The molecule has 0 saturated carbocycles. The minimum Gasteiger partial charge on any atom is -0.497 e. The Hall–Kier alpha value is -1.84. The summed E-state index contributed by atoms with van der Waals surface area (Å²) in [6, 6.07) is 7.97. The van der Waals surface area contributed by atoms with Crippen molar-refractivity contribution in [1.29, 1.82) is 0 Å². The Bertz CT molecular complexity index is 501. The van der Waals surface area contributed by atoms with Crippen molar-refractivity contribution in [3.8, 4) is 17.0 Å². The summed E-state index contributed by atoms with van der Waals surface area (Å²) in [6.45, 7) is 0.999. The summed E-state index contributed by atoms with van der Waals surface area (Å²) in [4.78, 5) is 0.